The van der Waals surface area contributed by atoms with Gasteiger partial charge in [0.2, 0.25) is 10.0 Å². The first-order chi connectivity index (χ1) is 9.05. The van der Waals surface area contributed by atoms with Crippen LogP contribution in [0.4, 0.5) is 0 Å². The Bertz CT molecular complexity index is 626. The van der Waals surface area contributed by atoms with E-state index in [0.717, 1.165) is 0 Å². The molecule has 114 valence electrons. The topological polar surface area (TPSA) is 101 Å². The number of aliphatic carboxylic acids is 1. The largest absolute Gasteiger partial charge is 0.480 e. The first kappa shape index (κ1) is 16.9. The number of aromatic nitrogens is 2. The van der Waals surface area contributed by atoms with Gasteiger partial charge in [-0.05, 0) is 20.3 Å². The predicted molar refractivity (Wildman–Crippen MR) is 74.2 cm³/mol. The smallest absolute Gasteiger partial charge is 0.324 e. The van der Waals surface area contributed by atoms with Gasteiger partial charge in [0.05, 0.1) is 5.69 Å². The number of sulfonamides is 1. The Balaban J connectivity index is 3.27. The molecule has 0 aliphatic heterocycles. The maximum atomic E-state index is 12.4. The molecule has 1 aromatic heterocycles. The van der Waals surface area contributed by atoms with E-state index in [9.17, 15) is 18.3 Å². The van der Waals surface area contributed by atoms with Crippen LogP contribution in [-0.2, 0) is 21.9 Å². The summed E-state index contributed by atoms with van der Waals surface area (Å²) in [5.41, 5.74) is -1.37. The van der Waals surface area contributed by atoms with Gasteiger partial charge in [-0.3, -0.25) is 9.48 Å². The van der Waals surface area contributed by atoms with E-state index in [1.165, 1.54) is 25.6 Å². The summed E-state index contributed by atoms with van der Waals surface area (Å²) in [6.07, 6.45) is 0.684. The molecule has 1 unspecified atom stereocenters. The SMILES string of the molecule is CCCC(C)(NS(=O)(=O)c1c(C)nn(C)c1Cl)C(=O)O. The maximum Gasteiger partial charge on any atom is 0.324 e. The van der Waals surface area contributed by atoms with Gasteiger partial charge in [0.15, 0.2) is 0 Å². The number of rotatable bonds is 6. The summed E-state index contributed by atoms with van der Waals surface area (Å²) in [6.45, 7) is 4.60. The molecule has 0 saturated carbocycles. The van der Waals surface area contributed by atoms with Crippen LogP contribution in [0.25, 0.3) is 0 Å². The van der Waals surface area contributed by atoms with Crippen molar-refractivity contribution in [3.8, 4) is 0 Å². The van der Waals surface area contributed by atoms with Gasteiger partial charge in [-0.2, -0.15) is 9.82 Å². The Morgan fingerprint density at radius 1 is 1.55 bits per heavy atom. The van der Waals surface area contributed by atoms with Gasteiger partial charge in [-0.25, -0.2) is 8.42 Å². The average molecular weight is 324 g/mol. The van der Waals surface area contributed by atoms with Crippen molar-refractivity contribution in [2.24, 2.45) is 7.05 Å². The second-order valence-electron chi connectivity index (χ2n) is 4.82. The number of halogens is 1. The lowest BCUT2D eigenvalue weighted by Crippen LogP contribution is -2.52. The van der Waals surface area contributed by atoms with E-state index in [2.05, 4.69) is 9.82 Å². The van der Waals surface area contributed by atoms with E-state index < -0.39 is 21.5 Å². The quantitative estimate of drug-likeness (QED) is 0.821. The average Bonchev–Trinajstić information content (AvgIpc) is 2.52. The molecule has 0 radical (unpaired) electrons. The van der Waals surface area contributed by atoms with Crippen molar-refractivity contribution in [3.05, 3.63) is 10.8 Å². The molecular weight excluding hydrogens is 306 g/mol. The summed E-state index contributed by atoms with van der Waals surface area (Å²) in [6, 6.07) is 0. The Labute approximate surface area is 123 Å². The van der Waals surface area contributed by atoms with Crippen LogP contribution >= 0.6 is 11.6 Å². The van der Waals surface area contributed by atoms with Crippen molar-refractivity contribution >= 4 is 27.6 Å². The third-order valence-corrected chi connectivity index (χ3v) is 5.24. The zero-order chi connectivity index (χ0) is 15.7. The Morgan fingerprint density at radius 2 is 2.10 bits per heavy atom. The molecule has 1 rings (SSSR count). The van der Waals surface area contributed by atoms with Gasteiger partial charge in [-0.15, -0.1) is 0 Å². The van der Waals surface area contributed by atoms with Crippen molar-refractivity contribution in [2.75, 3.05) is 0 Å². The van der Waals surface area contributed by atoms with Gasteiger partial charge >= 0.3 is 5.97 Å². The molecule has 0 aliphatic rings. The molecule has 0 fully saturated rings. The normalized spacial score (nSPS) is 15.1. The molecule has 0 bridgehead atoms. The van der Waals surface area contributed by atoms with Crippen molar-refractivity contribution in [2.45, 2.75) is 44.0 Å². The van der Waals surface area contributed by atoms with E-state index in [1.807, 2.05) is 0 Å². The number of carbonyl (C=O) groups is 1. The van der Waals surface area contributed by atoms with Crippen LogP contribution in [0.15, 0.2) is 4.90 Å². The van der Waals surface area contributed by atoms with Crippen LogP contribution in [0.5, 0.6) is 0 Å². The molecule has 9 heteroatoms. The Hall–Kier alpha value is -1.12. The zero-order valence-electron chi connectivity index (χ0n) is 11.8. The number of carboxylic acids is 1. The van der Waals surface area contributed by atoms with Crippen LogP contribution in [0.1, 0.15) is 32.4 Å². The number of aryl methyl sites for hydroxylation is 2. The minimum atomic E-state index is -4.07. The van der Waals surface area contributed by atoms with E-state index >= 15 is 0 Å². The first-order valence-electron chi connectivity index (χ1n) is 6.01. The summed E-state index contributed by atoms with van der Waals surface area (Å²) in [5, 5.41) is 13.1. The van der Waals surface area contributed by atoms with Crippen molar-refractivity contribution in [1.29, 1.82) is 0 Å². The minimum absolute atomic E-state index is 0.0563. The molecule has 1 aromatic rings. The lowest BCUT2D eigenvalue weighted by Gasteiger charge is -2.25. The molecule has 20 heavy (non-hydrogen) atoms. The van der Waals surface area contributed by atoms with Gasteiger partial charge in [-0.1, -0.05) is 24.9 Å². The summed E-state index contributed by atoms with van der Waals surface area (Å²) >= 11 is 5.92. The summed E-state index contributed by atoms with van der Waals surface area (Å²) in [5.74, 6) is -1.24. The van der Waals surface area contributed by atoms with Crippen molar-refractivity contribution < 1.29 is 18.3 Å². The monoisotopic (exact) mass is 323 g/mol. The second-order valence-corrected chi connectivity index (χ2v) is 6.80. The highest BCUT2D eigenvalue weighted by Gasteiger charge is 2.39. The van der Waals surface area contributed by atoms with Crippen molar-refractivity contribution in [1.82, 2.24) is 14.5 Å². The highest BCUT2D eigenvalue weighted by atomic mass is 35.5. The summed E-state index contributed by atoms with van der Waals surface area (Å²) < 4.78 is 28.2. The molecule has 0 aromatic carbocycles. The molecule has 2 N–H and O–H groups in total. The van der Waals surface area contributed by atoms with E-state index in [-0.39, 0.29) is 22.2 Å². The van der Waals surface area contributed by atoms with Crippen LogP contribution in [0.2, 0.25) is 5.15 Å². The molecule has 0 amide bonds. The molecule has 0 aliphatic carbocycles. The number of hydrogen-bond donors (Lipinski definition) is 2. The van der Waals surface area contributed by atoms with Gasteiger partial charge < -0.3 is 5.11 Å². The molecule has 1 atom stereocenters. The Kier molecular flexibility index (Phi) is 4.83. The number of nitrogens with zero attached hydrogens (tertiary/aromatic N) is 2. The van der Waals surface area contributed by atoms with E-state index in [1.54, 1.807) is 6.92 Å². The first-order valence-corrected chi connectivity index (χ1v) is 7.87. The lowest BCUT2D eigenvalue weighted by molar-refractivity contribution is -0.143. The maximum absolute atomic E-state index is 12.4. The van der Waals surface area contributed by atoms with Gasteiger partial charge in [0, 0.05) is 7.05 Å². The van der Waals surface area contributed by atoms with Crippen LogP contribution < -0.4 is 4.72 Å². The molecule has 0 saturated heterocycles. The zero-order valence-corrected chi connectivity index (χ0v) is 13.3. The second kappa shape index (κ2) is 5.71. The number of nitrogens with one attached hydrogen (secondary N) is 1. The third kappa shape index (κ3) is 3.13. The fourth-order valence-electron chi connectivity index (χ4n) is 1.97. The molecule has 1 heterocycles. The highest BCUT2D eigenvalue weighted by molar-refractivity contribution is 7.89. The fraction of sp³-hybridized carbons (Fsp3) is 0.636. The molecular formula is C11H18ClN3O4S. The Morgan fingerprint density at radius 3 is 2.45 bits per heavy atom. The molecule has 0 spiro atoms. The standard InChI is InChI=1S/C11H18ClN3O4S/c1-5-6-11(3,10(16)17)14-20(18,19)8-7(2)13-15(4)9(8)12/h14H,5-6H2,1-4H3,(H,16,17). The number of hydrogen-bond acceptors (Lipinski definition) is 4. The highest BCUT2D eigenvalue weighted by Crippen LogP contribution is 2.26. The number of carboxylic acid groups (broad SMARTS) is 1. The van der Waals surface area contributed by atoms with Crippen molar-refractivity contribution in [3.63, 3.8) is 0 Å². The minimum Gasteiger partial charge on any atom is -0.480 e. The van der Waals surface area contributed by atoms with Crippen LogP contribution in [0, 0.1) is 6.92 Å². The van der Waals surface area contributed by atoms with Gasteiger partial charge in [0.25, 0.3) is 0 Å². The summed E-state index contributed by atoms with van der Waals surface area (Å²) in [4.78, 5) is 11.1. The van der Waals surface area contributed by atoms with Crippen LogP contribution in [0.3, 0.4) is 0 Å². The van der Waals surface area contributed by atoms with E-state index in [0.29, 0.717) is 6.42 Å². The van der Waals surface area contributed by atoms with Gasteiger partial charge in [0.1, 0.15) is 15.6 Å². The third-order valence-electron chi connectivity index (χ3n) is 2.95. The fourth-order valence-corrected chi connectivity index (χ4v) is 4.11. The molecule has 7 nitrogen and oxygen atoms in total. The lowest BCUT2D eigenvalue weighted by atomic mass is 9.98. The van der Waals surface area contributed by atoms with E-state index in [4.69, 9.17) is 11.6 Å². The predicted octanol–water partition coefficient (Wildman–Crippen LogP) is 1.30. The van der Waals surface area contributed by atoms with Crippen LogP contribution in [-0.4, -0.2) is 34.8 Å². The summed E-state index contributed by atoms with van der Waals surface area (Å²) in [7, 11) is -2.56.